The van der Waals surface area contributed by atoms with Gasteiger partial charge in [-0.2, -0.15) is 0 Å². The van der Waals surface area contributed by atoms with Crippen LogP contribution in [0.5, 0.6) is 0 Å². The molecule has 17 heavy (non-hydrogen) atoms. The maximum Gasteiger partial charge on any atom is 0.113 e. The molecule has 1 saturated heterocycles. The Morgan fingerprint density at radius 1 is 1.47 bits per heavy atom. The van der Waals surface area contributed by atoms with Crippen molar-refractivity contribution in [2.45, 2.75) is 19.4 Å². The van der Waals surface area contributed by atoms with E-state index in [2.05, 4.69) is 10.3 Å². The molecule has 4 nitrogen and oxygen atoms in total. The van der Waals surface area contributed by atoms with Gasteiger partial charge in [0.15, 0.2) is 0 Å². The van der Waals surface area contributed by atoms with E-state index in [4.69, 9.17) is 16.3 Å². The highest BCUT2D eigenvalue weighted by Crippen LogP contribution is 2.20. The molecule has 0 radical (unpaired) electrons. The van der Waals surface area contributed by atoms with Crippen LogP contribution in [0.1, 0.15) is 12.8 Å². The monoisotopic (exact) mass is 251 g/mol. The van der Waals surface area contributed by atoms with Crippen molar-refractivity contribution in [2.75, 3.05) is 13.2 Å². The summed E-state index contributed by atoms with van der Waals surface area (Å²) >= 11 is 6.00. The van der Waals surface area contributed by atoms with Gasteiger partial charge in [0.25, 0.3) is 0 Å². The minimum atomic E-state index is 0.535. The van der Waals surface area contributed by atoms with E-state index in [1.165, 1.54) is 6.42 Å². The lowest BCUT2D eigenvalue weighted by Gasteiger charge is -2.21. The van der Waals surface area contributed by atoms with Gasteiger partial charge < -0.3 is 4.74 Å². The molecule has 0 saturated carbocycles. The number of aromatic nitrogens is 3. The van der Waals surface area contributed by atoms with Gasteiger partial charge >= 0.3 is 0 Å². The van der Waals surface area contributed by atoms with Crippen LogP contribution in [-0.4, -0.2) is 28.2 Å². The molecular formula is C12H14ClN3O. The average molecular weight is 252 g/mol. The maximum atomic E-state index is 6.00. The second-order valence-electron chi connectivity index (χ2n) is 4.49. The third kappa shape index (κ3) is 2.28. The summed E-state index contributed by atoms with van der Waals surface area (Å²) in [5, 5.41) is 9.04. The minimum absolute atomic E-state index is 0.535. The predicted molar refractivity (Wildman–Crippen MR) is 66.1 cm³/mol. The molecule has 1 atom stereocenters. The fraction of sp³-hybridized carbons (Fsp3) is 0.500. The minimum Gasteiger partial charge on any atom is -0.381 e. The van der Waals surface area contributed by atoms with Crippen molar-refractivity contribution in [1.82, 2.24) is 15.0 Å². The molecule has 0 amide bonds. The molecule has 1 aromatic carbocycles. The topological polar surface area (TPSA) is 39.9 Å². The van der Waals surface area contributed by atoms with E-state index in [9.17, 15) is 0 Å². The Bertz CT molecular complexity index is 519. The lowest BCUT2D eigenvalue weighted by molar-refractivity contribution is 0.0473. The number of ether oxygens (including phenoxy) is 1. The highest BCUT2D eigenvalue weighted by molar-refractivity contribution is 6.31. The second kappa shape index (κ2) is 4.63. The van der Waals surface area contributed by atoms with Crippen LogP contribution in [-0.2, 0) is 11.3 Å². The highest BCUT2D eigenvalue weighted by atomic mass is 35.5. The Morgan fingerprint density at radius 2 is 2.41 bits per heavy atom. The van der Waals surface area contributed by atoms with Crippen LogP contribution in [0.15, 0.2) is 18.2 Å². The first-order valence-electron chi connectivity index (χ1n) is 5.89. The first-order valence-corrected chi connectivity index (χ1v) is 6.27. The second-order valence-corrected chi connectivity index (χ2v) is 4.92. The van der Waals surface area contributed by atoms with E-state index in [0.29, 0.717) is 5.92 Å². The summed E-state index contributed by atoms with van der Waals surface area (Å²) in [6.07, 6.45) is 2.33. The van der Waals surface area contributed by atoms with Gasteiger partial charge in [-0.3, -0.25) is 0 Å². The van der Waals surface area contributed by atoms with E-state index in [1.54, 1.807) is 0 Å². The molecule has 5 heteroatoms. The van der Waals surface area contributed by atoms with Crippen LogP contribution in [0.3, 0.4) is 0 Å². The quantitative estimate of drug-likeness (QED) is 0.823. The number of halogens is 1. The lowest BCUT2D eigenvalue weighted by atomic mass is 10.0. The number of hydrogen-bond donors (Lipinski definition) is 0. The molecule has 90 valence electrons. The maximum absolute atomic E-state index is 6.00. The number of rotatable bonds is 2. The molecule has 0 spiro atoms. The van der Waals surface area contributed by atoms with Crippen LogP contribution in [0.4, 0.5) is 0 Å². The Balaban J connectivity index is 1.86. The summed E-state index contributed by atoms with van der Waals surface area (Å²) in [4.78, 5) is 0. The van der Waals surface area contributed by atoms with Crippen molar-refractivity contribution in [1.29, 1.82) is 0 Å². The standard InChI is InChI=1S/C12H14ClN3O/c13-10-3-4-11-12(6-10)16(15-14-11)7-9-2-1-5-17-8-9/h3-4,6,9H,1-2,5,7-8H2. The largest absolute Gasteiger partial charge is 0.381 e. The van der Waals surface area contributed by atoms with Crippen LogP contribution in [0.25, 0.3) is 11.0 Å². The smallest absolute Gasteiger partial charge is 0.113 e. The molecule has 1 aliphatic rings. The van der Waals surface area contributed by atoms with Crippen molar-refractivity contribution in [2.24, 2.45) is 5.92 Å². The molecule has 1 unspecified atom stereocenters. The van der Waals surface area contributed by atoms with Gasteiger partial charge in [-0.25, -0.2) is 4.68 Å². The molecule has 1 fully saturated rings. The summed E-state index contributed by atoms with van der Waals surface area (Å²) in [5.74, 6) is 0.535. The van der Waals surface area contributed by atoms with E-state index in [-0.39, 0.29) is 0 Å². The van der Waals surface area contributed by atoms with Crippen LogP contribution >= 0.6 is 11.6 Å². The lowest BCUT2D eigenvalue weighted by Crippen LogP contribution is -2.22. The van der Waals surface area contributed by atoms with Gasteiger partial charge in [-0.05, 0) is 31.0 Å². The summed E-state index contributed by atoms with van der Waals surface area (Å²) in [6, 6.07) is 5.66. The van der Waals surface area contributed by atoms with E-state index < -0.39 is 0 Å². The summed E-state index contributed by atoms with van der Waals surface area (Å²) in [7, 11) is 0. The van der Waals surface area contributed by atoms with Gasteiger partial charge in [0.2, 0.25) is 0 Å². The predicted octanol–water partition coefficient (Wildman–Crippen LogP) is 2.51. The number of fused-ring (bicyclic) bond motifs is 1. The van der Waals surface area contributed by atoms with E-state index in [0.717, 1.165) is 42.2 Å². The summed E-state index contributed by atoms with van der Waals surface area (Å²) < 4.78 is 7.41. The third-order valence-corrected chi connectivity index (χ3v) is 3.40. The summed E-state index contributed by atoms with van der Waals surface area (Å²) in [5.41, 5.74) is 1.90. The molecule has 2 aromatic rings. The van der Waals surface area contributed by atoms with Crippen molar-refractivity contribution >= 4 is 22.6 Å². The zero-order chi connectivity index (χ0) is 11.7. The van der Waals surface area contributed by atoms with Gasteiger partial charge in [0.1, 0.15) is 5.52 Å². The van der Waals surface area contributed by atoms with Crippen molar-refractivity contribution in [3.63, 3.8) is 0 Å². The zero-order valence-corrected chi connectivity index (χ0v) is 10.2. The van der Waals surface area contributed by atoms with E-state index in [1.807, 2.05) is 22.9 Å². The molecule has 3 rings (SSSR count). The highest BCUT2D eigenvalue weighted by Gasteiger charge is 2.16. The zero-order valence-electron chi connectivity index (χ0n) is 9.47. The molecule has 0 N–H and O–H groups in total. The van der Waals surface area contributed by atoms with Gasteiger partial charge in [0, 0.05) is 24.1 Å². The first-order chi connectivity index (χ1) is 8.33. The Morgan fingerprint density at radius 3 is 3.24 bits per heavy atom. The van der Waals surface area contributed by atoms with Gasteiger partial charge in [-0.1, -0.05) is 16.8 Å². The molecule has 0 aliphatic carbocycles. The number of nitrogens with zero attached hydrogens (tertiary/aromatic N) is 3. The van der Waals surface area contributed by atoms with Crippen molar-refractivity contribution in [3.8, 4) is 0 Å². The third-order valence-electron chi connectivity index (χ3n) is 3.16. The van der Waals surface area contributed by atoms with Crippen LogP contribution < -0.4 is 0 Å². The molecular weight excluding hydrogens is 238 g/mol. The van der Waals surface area contributed by atoms with Crippen LogP contribution in [0.2, 0.25) is 5.02 Å². The molecule has 1 aromatic heterocycles. The van der Waals surface area contributed by atoms with Gasteiger partial charge in [-0.15, -0.1) is 5.10 Å². The van der Waals surface area contributed by atoms with Crippen LogP contribution in [0, 0.1) is 5.92 Å². The SMILES string of the molecule is Clc1ccc2nnn(CC3CCCOC3)c2c1. The molecule has 0 bridgehead atoms. The fourth-order valence-corrected chi connectivity index (χ4v) is 2.44. The molecule has 2 heterocycles. The fourth-order valence-electron chi connectivity index (χ4n) is 2.27. The Kier molecular flexibility index (Phi) is 2.99. The molecule has 1 aliphatic heterocycles. The van der Waals surface area contributed by atoms with Crippen molar-refractivity contribution < 1.29 is 4.74 Å². The normalized spacial score (nSPS) is 20.9. The first kappa shape index (κ1) is 11.0. The summed E-state index contributed by atoms with van der Waals surface area (Å²) in [6.45, 7) is 2.57. The number of hydrogen-bond acceptors (Lipinski definition) is 3. The average Bonchev–Trinajstić information content (AvgIpc) is 2.73. The Labute approximate surface area is 105 Å². The van der Waals surface area contributed by atoms with Gasteiger partial charge in [0.05, 0.1) is 12.1 Å². The number of benzene rings is 1. The Hall–Kier alpha value is -1.13. The van der Waals surface area contributed by atoms with E-state index >= 15 is 0 Å². The van der Waals surface area contributed by atoms with Crippen molar-refractivity contribution in [3.05, 3.63) is 23.2 Å².